The third-order valence-corrected chi connectivity index (χ3v) is 1.81. The smallest absolute Gasteiger partial charge is 0.133 e. The monoisotopic (exact) mass is 194 g/mol. The van der Waals surface area contributed by atoms with Crippen LogP contribution in [0.4, 0.5) is 0 Å². The molecule has 0 fully saturated rings. The topological polar surface area (TPSA) is 43.6 Å². The van der Waals surface area contributed by atoms with E-state index in [1.54, 1.807) is 12.4 Å². The van der Waals surface area contributed by atoms with Gasteiger partial charge in [-0.15, -0.1) is 0 Å². The molecule has 0 atom stereocenters. The summed E-state index contributed by atoms with van der Waals surface area (Å²) < 4.78 is 1.85. The van der Waals surface area contributed by atoms with Crippen LogP contribution >= 0.6 is 11.6 Å². The molecule has 13 heavy (non-hydrogen) atoms. The van der Waals surface area contributed by atoms with E-state index in [0.717, 1.165) is 11.4 Å². The molecule has 4 nitrogen and oxygen atoms in total. The van der Waals surface area contributed by atoms with Crippen LogP contribution in [-0.4, -0.2) is 19.5 Å². The molecule has 0 saturated heterocycles. The summed E-state index contributed by atoms with van der Waals surface area (Å²) in [6.45, 7) is 0. The number of nitrogens with zero attached hydrogens (tertiary/aromatic N) is 4. The Balaban J connectivity index is 2.46. The Bertz CT molecular complexity index is 424. The maximum absolute atomic E-state index is 5.72. The summed E-state index contributed by atoms with van der Waals surface area (Å²) in [5.74, 6) is 0. The zero-order valence-corrected chi connectivity index (χ0v) is 7.73. The first-order valence-corrected chi connectivity index (χ1v) is 4.09. The molecule has 0 N–H and O–H groups in total. The normalized spacial score (nSPS) is 10.3. The molecule has 2 heterocycles. The molecule has 0 aromatic carbocycles. The van der Waals surface area contributed by atoms with Gasteiger partial charge in [-0.3, -0.25) is 0 Å². The van der Waals surface area contributed by atoms with Crippen molar-refractivity contribution in [1.82, 2.24) is 19.5 Å². The van der Waals surface area contributed by atoms with E-state index in [4.69, 9.17) is 11.6 Å². The van der Waals surface area contributed by atoms with Gasteiger partial charge in [-0.25, -0.2) is 15.0 Å². The summed E-state index contributed by atoms with van der Waals surface area (Å²) in [7, 11) is 1.90. The van der Waals surface area contributed by atoms with Gasteiger partial charge in [0.1, 0.15) is 17.2 Å². The third-order valence-electron chi connectivity index (χ3n) is 1.60. The SMILES string of the molecule is Cn1cnc(-c2cc(Cl)ncn2)c1. The number of aryl methyl sites for hydroxylation is 1. The second-order valence-corrected chi connectivity index (χ2v) is 3.04. The minimum absolute atomic E-state index is 0.427. The molecule has 0 radical (unpaired) electrons. The number of rotatable bonds is 1. The Labute approximate surface area is 80.2 Å². The van der Waals surface area contributed by atoms with Crippen molar-refractivity contribution < 1.29 is 0 Å². The standard InChI is InChI=1S/C8H7ClN4/c1-13-3-7(12-5-13)6-2-8(9)11-4-10-6/h2-5H,1H3. The van der Waals surface area contributed by atoms with Crippen LogP contribution in [0.25, 0.3) is 11.4 Å². The zero-order chi connectivity index (χ0) is 9.26. The van der Waals surface area contributed by atoms with Crippen molar-refractivity contribution in [3.63, 3.8) is 0 Å². The molecule has 0 aliphatic heterocycles. The fourth-order valence-electron chi connectivity index (χ4n) is 1.02. The van der Waals surface area contributed by atoms with Crippen molar-refractivity contribution in [2.75, 3.05) is 0 Å². The van der Waals surface area contributed by atoms with E-state index in [1.165, 1.54) is 6.33 Å². The molecular weight excluding hydrogens is 188 g/mol. The molecule has 66 valence electrons. The Morgan fingerprint density at radius 2 is 2.08 bits per heavy atom. The predicted molar refractivity (Wildman–Crippen MR) is 49.2 cm³/mol. The van der Waals surface area contributed by atoms with E-state index >= 15 is 0 Å². The van der Waals surface area contributed by atoms with Gasteiger partial charge >= 0.3 is 0 Å². The summed E-state index contributed by atoms with van der Waals surface area (Å²) in [5, 5.41) is 0.427. The molecule has 0 spiro atoms. The number of imidazole rings is 1. The van der Waals surface area contributed by atoms with E-state index in [0.29, 0.717) is 5.15 Å². The van der Waals surface area contributed by atoms with Crippen molar-refractivity contribution >= 4 is 11.6 Å². The van der Waals surface area contributed by atoms with E-state index in [1.807, 2.05) is 17.8 Å². The maximum Gasteiger partial charge on any atom is 0.133 e. The molecule has 0 aliphatic carbocycles. The molecule has 2 aromatic rings. The Kier molecular flexibility index (Phi) is 1.98. The molecule has 0 saturated carbocycles. The van der Waals surface area contributed by atoms with Gasteiger partial charge in [0.2, 0.25) is 0 Å². The minimum atomic E-state index is 0.427. The summed E-state index contributed by atoms with van der Waals surface area (Å²) in [6, 6.07) is 1.68. The van der Waals surface area contributed by atoms with Crippen LogP contribution < -0.4 is 0 Å². The highest BCUT2D eigenvalue weighted by Crippen LogP contribution is 2.15. The number of hydrogen-bond acceptors (Lipinski definition) is 3. The number of aromatic nitrogens is 4. The molecule has 2 aromatic heterocycles. The quantitative estimate of drug-likeness (QED) is 0.647. The van der Waals surface area contributed by atoms with Gasteiger partial charge in [0.15, 0.2) is 0 Å². The lowest BCUT2D eigenvalue weighted by Gasteiger charge is -1.94. The van der Waals surface area contributed by atoms with Gasteiger partial charge in [-0.2, -0.15) is 0 Å². The molecule has 0 unspecified atom stereocenters. The summed E-state index contributed by atoms with van der Waals surface area (Å²) in [6.07, 6.45) is 5.01. The van der Waals surface area contributed by atoms with Gasteiger partial charge in [0.25, 0.3) is 0 Å². The molecule has 0 aliphatic rings. The van der Waals surface area contributed by atoms with Crippen molar-refractivity contribution in [3.05, 3.63) is 30.1 Å². The molecule has 0 bridgehead atoms. The Morgan fingerprint density at radius 3 is 2.69 bits per heavy atom. The fraction of sp³-hybridized carbons (Fsp3) is 0.125. The van der Waals surface area contributed by atoms with Crippen molar-refractivity contribution in [2.24, 2.45) is 7.05 Å². The van der Waals surface area contributed by atoms with Gasteiger partial charge in [0, 0.05) is 19.3 Å². The van der Waals surface area contributed by atoms with Crippen molar-refractivity contribution in [2.45, 2.75) is 0 Å². The first kappa shape index (κ1) is 8.19. The van der Waals surface area contributed by atoms with Crippen molar-refractivity contribution in [1.29, 1.82) is 0 Å². The zero-order valence-electron chi connectivity index (χ0n) is 6.98. The van der Waals surface area contributed by atoms with E-state index in [-0.39, 0.29) is 0 Å². The molecule has 0 amide bonds. The minimum Gasteiger partial charge on any atom is -0.340 e. The lowest BCUT2D eigenvalue weighted by atomic mass is 10.3. The van der Waals surface area contributed by atoms with Gasteiger partial charge in [0.05, 0.1) is 12.0 Å². The fourth-order valence-corrected chi connectivity index (χ4v) is 1.17. The van der Waals surface area contributed by atoms with Crippen LogP contribution in [-0.2, 0) is 7.05 Å². The van der Waals surface area contributed by atoms with Crippen LogP contribution in [0, 0.1) is 0 Å². The second kappa shape index (κ2) is 3.14. The van der Waals surface area contributed by atoms with Crippen LogP contribution in [0.15, 0.2) is 24.9 Å². The number of halogens is 1. The lowest BCUT2D eigenvalue weighted by Crippen LogP contribution is -1.85. The van der Waals surface area contributed by atoms with E-state index < -0.39 is 0 Å². The van der Waals surface area contributed by atoms with E-state index in [2.05, 4.69) is 15.0 Å². The van der Waals surface area contributed by atoms with Crippen LogP contribution in [0.3, 0.4) is 0 Å². The average Bonchev–Trinajstić information content (AvgIpc) is 2.52. The highest BCUT2D eigenvalue weighted by Gasteiger charge is 2.02. The van der Waals surface area contributed by atoms with Crippen LogP contribution in [0.1, 0.15) is 0 Å². The van der Waals surface area contributed by atoms with E-state index in [9.17, 15) is 0 Å². The van der Waals surface area contributed by atoms with Crippen LogP contribution in [0.2, 0.25) is 5.15 Å². The summed E-state index contributed by atoms with van der Waals surface area (Å²) in [5.41, 5.74) is 1.53. The summed E-state index contributed by atoms with van der Waals surface area (Å²) in [4.78, 5) is 12.0. The number of hydrogen-bond donors (Lipinski definition) is 0. The average molecular weight is 195 g/mol. The second-order valence-electron chi connectivity index (χ2n) is 2.65. The van der Waals surface area contributed by atoms with Crippen molar-refractivity contribution in [3.8, 4) is 11.4 Å². The van der Waals surface area contributed by atoms with Gasteiger partial charge in [-0.05, 0) is 0 Å². The largest absolute Gasteiger partial charge is 0.340 e. The lowest BCUT2D eigenvalue weighted by molar-refractivity contribution is 0.913. The predicted octanol–water partition coefficient (Wildman–Crippen LogP) is 1.53. The van der Waals surface area contributed by atoms with Gasteiger partial charge < -0.3 is 4.57 Å². The highest BCUT2D eigenvalue weighted by molar-refractivity contribution is 6.29. The third kappa shape index (κ3) is 1.67. The first-order valence-electron chi connectivity index (χ1n) is 3.71. The summed E-state index contributed by atoms with van der Waals surface area (Å²) >= 11 is 5.72. The molecule has 2 rings (SSSR count). The molecule has 5 heteroatoms. The Morgan fingerprint density at radius 1 is 1.23 bits per heavy atom. The van der Waals surface area contributed by atoms with Gasteiger partial charge in [-0.1, -0.05) is 11.6 Å². The maximum atomic E-state index is 5.72. The first-order chi connectivity index (χ1) is 6.25. The van der Waals surface area contributed by atoms with Crippen LogP contribution in [0.5, 0.6) is 0 Å². The highest BCUT2D eigenvalue weighted by atomic mass is 35.5. The molecular formula is C8H7ClN4. The Hall–Kier alpha value is -1.42.